The van der Waals surface area contributed by atoms with Gasteiger partial charge in [-0.3, -0.25) is 9.59 Å². The highest BCUT2D eigenvalue weighted by atomic mass is 79.9. The molecule has 0 spiro atoms. The van der Waals surface area contributed by atoms with Crippen LogP contribution in [-0.2, 0) is 9.59 Å². The molecule has 0 radical (unpaired) electrons. The second kappa shape index (κ2) is 10.5. The Hall–Kier alpha value is -2.87. The number of aryl methyl sites for hydroxylation is 1. The van der Waals surface area contributed by atoms with Crippen LogP contribution in [0.1, 0.15) is 18.9 Å². The van der Waals surface area contributed by atoms with E-state index in [1.807, 2.05) is 25.1 Å². The summed E-state index contributed by atoms with van der Waals surface area (Å²) in [4.78, 5) is 24.0. The molecule has 0 heterocycles. The average Bonchev–Trinajstić information content (AvgIpc) is 2.66. The molecule has 8 heteroatoms. The van der Waals surface area contributed by atoms with Crippen LogP contribution in [-0.4, -0.2) is 31.2 Å². The summed E-state index contributed by atoms with van der Waals surface area (Å²) < 4.78 is 11.4. The smallest absolute Gasteiger partial charge is 0.277 e. The van der Waals surface area contributed by atoms with E-state index in [0.717, 1.165) is 10.0 Å². The lowest BCUT2D eigenvalue weighted by molar-refractivity contribution is -0.123. The van der Waals surface area contributed by atoms with Crippen LogP contribution in [0.3, 0.4) is 0 Å². The molecule has 0 aromatic heterocycles. The summed E-state index contributed by atoms with van der Waals surface area (Å²) in [5, 5.41) is 6.68. The molecule has 2 rings (SSSR count). The minimum atomic E-state index is -0.419. The number of nitrogens with zero attached hydrogens (tertiary/aromatic N) is 1. The van der Waals surface area contributed by atoms with Crippen molar-refractivity contribution in [1.82, 2.24) is 5.43 Å². The fraction of sp³-hybridized carbons (Fsp3) is 0.250. The van der Waals surface area contributed by atoms with Gasteiger partial charge in [-0.15, -0.1) is 0 Å². The lowest BCUT2D eigenvalue weighted by Gasteiger charge is -2.10. The number of hydrogen-bond acceptors (Lipinski definition) is 5. The van der Waals surface area contributed by atoms with Gasteiger partial charge in [-0.1, -0.05) is 18.2 Å². The molecule has 0 fully saturated rings. The van der Waals surface area contributed by atoms with Crippen molar-refractivity contribution < 1.29 is 19.1 Å². The van der Waals surface area contributed by atoms with E-state index in [9.17, 15) is 9.59 Å². The third kappa shape index (κ3) is 6.70. The Labute approximate surface area is 172 Å². The van der Waals surface area contributed by atoms with Crippen molar-refractivity contribution in [3.63, 3.8) is 0 Å². The fourth-order valence-electron chi connectivity index (χ4n) is 2.27. The molecular weight excluding hydrogens is 426 g/mol. The van der Waals surface area contributed by atoms with Crippen molar-refractivity contribution in [3.8, 4) is 11.5 Å². The first-order chi connectivity index (χ1) is 13.4. The fourth-order valence-corrected chi connectivity index (χ4v) is 2.88. The van der Waals surface area contributed by atoms with E-state index in [-0.39, 0.29) is 18.9 Å². The van der Waals surface area contributed by atoms with Gasteiger partial charge < -0.3 is 14.8 Å². The molecule has 2 amide bonds. The van der Waals surface area contributed by atoms with E-state index in [1.54, 1.807) is 31.2 Å². The third-order valence-corrected chi connectivity index (χ3v) is 4.23. The topological polar surface area (TPSA) is 89.0 Å². The number of halogens is 1. The zero-order chi connectivity index (χ0) is 20.5. The largest absolute Gasteiger partial charge is 0.495 e. The lowest BCUT2D eigenvalue weighted by atomic mass is 10.2. The van der Waals surface area contributed by atoms with Crippen molar-refractivity contribution >= 4 is 39.1 Å². The van der Waals surface area contributed by atoms with Crippen molar-refractivity contribution in [2.75, 3.05) is 19.0 Å². The van der Waals surface area contributed by atoms with Crippen LogP contribution in [0, 0.1) is 6.92 Å². The number of ether oxygens (including phenoxy) is 2. The Kier molecular flexibility index (Phi) is 8.01. The number of amides is 2. The summed E-state index contributed by atoms with van der Waals surface area (Å²) in [6, 6.07) is 12.7. The summed E-state index contributed by atoms with van der Waals surface area (Å²) in [6.07, 6.45) is 0.0305. The normalized spacial score (nSPS) is 10.9. The van der Waals surface area contributed by atoms with E-state index in [4.69, 9.17) is 9.47 Å². The number of benzene rings is 2. The summed E-state index contributed by atoms with van der Waals surface area (Å²) in [6.45, 7) is 3.42. The van der Waals surface area contributed by atoms with Crippen molar-refractivity contribution in [1.29, 1.82) is 0 Å². The van der Waals surface area contributed by atoms with Gasteiger partial charge in [-0.05, 0) is 59.6 Å². The van der Waals surface area contributed by atoms with Crippen LogP contribution >= 0.6 is 15.9 Å². The molecule has 2 aromatic carbocycles. The van der Waals surface area contributed by atoms with Gasteiger partial charge in [0.1, 0.15) is 11.5 Å². The molecule has 0 saturated heterocycles. The Morgan fingerprint density at radius 1 is 1.11 bits per heavy atom. The maximum absolute atomic E-state index is 12.1. The summed E-state index contributed by atoms with van der Waals surface area (Å²) in [7, 11) is 1.53. The number of rotatable bonds is 8. The van der Waals surface area contributed by atoms with Crippen LogP contribution in [0.5, 0.6) is 11.5 Å². The van der Waals surface area contributed by atoms with E-state index in [2.05, 4.69) is 31.8 Å². The summed E-state index contributed by atoms with van der Waals surface area (Å²) in [5.74, 6) is 0.451. The number of carbonyl (C=O) groups is 2. The number of hydrazone groups is 1. The molecule has 0 aliphatic rings. The monoisotopic (exact) mass is 447 g/mol. The number of hydrogen-bond donors (Lipinski definition) is 2. The molecule has 2 N–H and O–H groups in total. The van der Waals surface area contributed by atoms with Crippen LogP contribution in [0.25, 0.3) is 0 Å². The molecule has 0 atom stereocenters. The van der Waals surface area contributed by atoms with Gasteiger partial charge in [0.05, 0.1) is 23.7 Å². The Morgan fingerprint density at radius 3 is 2.57 bits per heavy atom. The minimum Gasteiger partial charge on any atom is -0.495 e. The average molecular weight is 448 g/mol. The zero-order valence-electron chi connectivity index (χ0n) is 15.9. The van der Waals surface area contributed by atoms with Gasteiger partial charge in [-0.2, -0.15) is 5.10 Å². The van der Waals surface area contributed by atoms with Crippen molar-refractivity contribution in [3.05, 3.63) is 52.5 Å². The summed E-state index contributed by atoms with van der Waals surface area (Å²) >= 11 is 3.39. The van der Waals surface area contributed by atoms with Crippen molar-refractivity contribution in [2.45, 2.75) is 20.3 Å². The number of nitrogens with one attached hydrogen (secondary N) is 2. The standard InChI is InChI=1S/C20H22BrN3O4/c1-13-8-9-17(15(21)10-13)28-12-20(26)24-23-14(2)11-19(25)22-16-6-4-5-7-18(16)27-3/h4-10H,11-12H2,1-3H3,(H,22,25)(H,24,26)/b23-14+. The first kappa shape index (κ1) is 21.4. The summed E-state index contributed by atoms with van der Waals surface area (Å²) in [5.41, 5.74) is 4.49. The number of methoxy groups -OCH3 is 1. The highest BCUT2D eigenvalue weighted by Gasteiger charge is 2.09. The molecule has 7 nitrogen and oxygen atoms in total. The van der Waals surface area contributed by atoms with E-state index < -0.39 is 5.91 Å². The Balaban J connectivity index is 1.81. The Bertz CT molecular complexity index is 884. The SMILES string of the molecule is COc1ccccc1NC(=O)C/C(C)=N/NC(=O)COc1ccc(C)cc1Br. The molecule has 0 aliphatic heterocycles. The molecular formula is C20H22BrN3O4. The molecule has 0 unspecified atom stereocenters. The predicted octanol–water partition coefficient (Wildman–Crippen LogP) is 3.67. The maximum Gasteiger partial charge on any atom is 0.277 e. The molecule has 148 valence electrons. The molecule has 0 saturated carbocycles. The molecule has 0 aliphatic carbocycles. The molecule has 0 bridgehead atoms. The minimum absolute atomic E-state index is 0.0305. The van der Waals surface area contributed by atoms with Gasteiger partial charge in [-0.25, -0.2) is 5.43 Å². The van der Waals surface area contributed by atoms with E-state index >= 15 is 0 Å². The van der Waals surface area contributed by atoms with Crippen molar-refractivity contribution in [2.24, 2.45) is 5.10 Å². The first-order valence-corrected chi connectivity index (χ1v) is 9.32. The van der Waals surface area contributed by atoms with Gasteiger partial charge in [0.15, 0.2) is 6.61 Å². The van der Waals surface area contributed by atoms with Gasteiger partial charge in [0.2, 0.25) is 5.91 Å². The van der Waals surface area contributed by atoms with E-state index in [1.165, 1.54) is 7.11 Å². The second-order valence-electron chi connectivity index (χ2n) is 6.03. The Morgan fingerprint density at radius 2 is 1.86 bits per heavy atom. The number of para-hydroxylation sites is 2. The van der Waals surface area contributed by atoms with E-state index in [0.29, 0.717) is 22.9 Å². The molecule has 2 aromatic rings. The van der Waals surface area contributed by atoms with Crippen LogP contribution in [0.2, 0.25) is 0 Å². The third-order valence-electron chi connectivity index (χ3n) is 3.62. The van der Waals surface area contributed by atoms with Crippen LogP contribution in [0.15, 0.2) is 52.0 Å². The quantitative estimate of drug-likeness (QED) is 0.477. The predicted molar refractivity (Wildman–Crippen MR) is 112 cm³/mol. The second-order valence-corrected chi connectivity index (χ2v) is 6.88. The zero-order valence-corrected chi connectivity index (χ0v) is 17.5. The first-order valence-electron chi connectivity index (χ1n) is 8.53. The highest BCUT2D eigenvalue weighted by Crippen LogP contribution is 2.25. The number of anilines is 1. The van der Waals surface area contributed by atoms with Gasteiger partial charge in [0, 0.05) is 5.71 Å². The van der Waals surface area contributed by atoms with Crippen LogP contribution < -0.4 is 20.2 Å². The van der Waals surface area contributed by atoms with Gasteiger partial charge >= 0.3 is 0 Å². The lowest BCUT2D eigenvalue weighted by Crippen LogP contribution is -2.26. The van der Waals surface area contributed by atoms with Gasteiger partial charge in [0.25, 0.3) is 5.91 Å². The molecule has 28 heavy (non-hydrogen) atoms. The maximum atomic E-state index is 12.1. The number of carbonyl (C=O) groups excluding carboxylic acids is 2. The van der Waals surface area contributed by atoms with Crippen LogP contribution in [0.4, 0.5) is 5.69 Å². The highest BCUT2D eigenvalue weighted by molar-refractivity contribution is 9.10.